The first-order valence-corrected chi connectivity index (χ1v) is 6.79. The summed E-state index contributed by atoms with van der Waals surface area (Å²) in [7, 11) is 0. The van der Waals surface area contributed by atoms with Gasteiger partial charge in [-0.1, -0.05) is 20.3 Å². The van der Waals surface area contributed by atoms with Crippen LogP contribution in [-0.4, -0.2) is 0 Å². The summed E-state index contributed by atoms with van der Waals surface area (Å²) in [5.74, 6) is 2.79. The molecule has 0 saturated heterocycles. The summed E-state index contributed by atoms with van der Waals surface area (Å²) in [6, 6.07) is 0. The average molecular weight is 205 g/mol. The Morgan fingerprint density at radius 2 is 1.87 bits per heavy atom. The van der Waals surface area contributed by atoms with Crippen LogP contribution < -0.4 is 0 Å². The molecule has 0 aromatic rings. The molecule has 15 heavy (non-hydrogen) atoms. The van der Waals surface area contributed by atoms with E-state index in [0.717, 1.165) is 5.92 Å². The van der Waals surface area contributed by atoms with E-state index in [2.05, 4.69) is 27.7 Å². The predicted molar refractivity (Wildman–Crippen MR) is 64.4 cm³/mol. The van der Waals surface area contributed by atoms with Gasteiger partial charge in [-0.3, -0.25) is 0 Å². The van der Waals surface area contributed by atoms with E-state index in [1.54, 1.807) is 0 Å². The molecule has 0 aromatic carbocycles. The van der Waals surface area contributed by atoms with Crippen molar-refractivity contribution in [3.05, 3.63) is 5.92 Å². The van der Waals surface area contributed by atoms with Crippen molar-refractivity contribution in [2.45, 2.75) is 66.2 Å². The van der Waals surface area contributed by atoms with Crippen LogP contribution in [0.15, 0.2) is 0 Å². The van der Waals surface area contributed by atoms with Gasteiger partial charge in [0.1, 0.15) is 5.41 Å². The molecule has 0 aliphatic heterocycles. The number of rotatable bonds is 0. The molecule has 0 heteroatoms. The zero-order valence-corrected chi connectivity index (χ0v) is 10.8. The Balaban J connectivity index is 2.17. The first kappa shape index (κ1) is 10.1. The largest absolute Gasteiger partial charge is 0.114 e. The Morgan fingerprint density at radius 1 is 1.13 bits per heavy atom. The van der Waals surface area contributed by atoms with Gasteiger partial charge in [-0.05, 0) is 38.5 Å². The maximum absolute atomic E-state index is 2.59. The maximum atomic E-state index is 2.59. The standard InChI is InChI=1S/C15H25/c1-11-6-9-14(4)12(2)10-13(3)7-5-8-15(11,13)14/h11H,5-10H2,1-4H3/q+1/t11-,13+,14+,15-/m1/s1. The van der Waals surface area contributed by atoms with Gasteiger partial charge in [0.2, 0.25) is 0 Å². The van der Waals surface area contributed by atoms with E-state index in [-0.39, 0.29) is 0 Å². The summed E-state index contributed by atoms with van der Waals surface area (Å²) in [6.45, 7) is 10.2. The second kappa shape index (κ2) is 2.57. The topological polar surface area (TPSA) is 0 Å². The Kier molecular flexibility index (Phi) is 1.73. The Bertz CT molecular complexity index is 294. The molecule has 0 radical (unpaired) electrons. The maximum Gasteiger partial charge on any atom is 0.114 e. The van der Waals surface area contributed by atoms with Crippen LogP contribution in [0.2, 0.25) is 0 Å². The molecule has 0 unspecified atom stereocenters. The van der Waals surface area contributed by atoms with E-state index in [4.69, 9.17) is 0 Å². The van der Waals surface area contributed by atoms with Crippen LogP contribution in [0.4, 0.5) is 0 Å². The molecule has 0 amide bonds. The van der Waals surface area contributed by atoms with Crippen LogP contribution in [-0.2, 0) is 0 Å². The van der Waals surface area contributed by atoms with E-state index >= 15 is 0 Å². The zero-order chi connectivity index (χ0) is 10.9. The fourth-order valence-corrected chi connectivity index (χ4v) is 6.20. The van der Waals surface area contributed by atoms with Crippen molar-refractivity contribution < 1.29 is 0 Å². The minimum atomic E-state index is 0.595. The first-order chi connectivity index (χ1) is 6.96. The third-order valence-electron chi connectivity index (χ3n) is 6.88. The van der Waals surface area contributed by atoms with Gasteiger partial charge in [0, 0.05) is 10.8 Å². The molecule has 3 saturated carbocycles. The van der Waals surface area contributed by atoms with Crippen LogP contribution in [0.25, 0.3) is 0 Å². The highest BCUT2D eigenvalue weighted by atomic mass is 14.8. The van der Waals surface area contributed by atoms with Gasteiger partial charge in [-0.25, -0.2) is 0 Å². The molecular weight excluding hydrogens is 180 g/mol. The van der Waals surface area contributed by atoms with Crippen molar-refractivity contribution in [3.8, 4) is 0 Å². The average Bonchev–Trinajstić information content (AvgIpc) is 2.67. The molecule has 1 spiro atoms. The van der Waals surface area contributed by atoms with E-state index in [0.29, 0.717) is 16.2 Å². The number of hydrogen-bond donors (Lipinski definition) is 0. The molecule has 3 aliphatic carbocycles. The van der Waals surface area contributed by atoms with Gasteiger partial charge in [-0.15, -0.1) is 0 Å². The van der Waals surface area contributed by atoms with E-state index in [9.17, 15) is 0 Å². The summed E-state index contributed by atoms with van der Waals surface area (Å²) in [5, 5.41) is 0. The molecule has 0 heterocycles. The second-order valence-electron chi connectivity index (χ2n) is 7.11. The fraction of sp³-hybridized carbons (Fsp3) is 0.933. The van der Waals surface area contributed by atoms with Crippen LogP contribution in [0.3, 0.4) is 0 Å². The molecule has 0 aromatic heterocycles. The van der Waals surface area contributed by atoms with Crippen LogP contribution in [0.1, 0.15) is 66.2 Å². The van der Waals surface area contributed by atoms with E-state index in [1.807, 2.05) is 5.92 Å². The Labute approximate surface area is 94.8 Å². The van der Waals surface area contributed by atoms with Gasteiger partial charge in [0.15, 0.2) is 0 Å². The van der Waals surface area contributed by atoms with Gasteiger partial charge < -0.3 is 0 Å². The van der Waals surface area contributed by atoms with Gasteiger partial charge in [0.25, 0.3) is 0 Å². The molecular formula is C15H25+. The fourth-order valence-electron chi connectivity index (χ4n) is 6.20. The van der Waals surface area contributed by atoms with Crippen molar-refractivity contribution in [1.82, 2.24) is 0 Å². The normalized spacial score (nSPS) is 58.4. The monoisotopic (exact) mass is 205 g/mol. The zero-order valence-electron chi connectivity index (χ0n) is 10.8. The minimum absolute atomic E-state index is 0.595. The summed E-state index contributed by atoms with van der Waals surface area (Å²) < 4.78 is 0. The SMILES string of the molecule is C[C+]1C[C@]2(C)CCC[C@@]23[C@H](C)CC[C@@]13C. The van der Waals surface area contributed by atoms with Gasteiger partial charge in [-0.2, -0.15) is 0 Å². The first-order valence-electron chi connectivity index (χ1n) is 6.79. The van der Waals surface area contributed by atoms with Crippen LogP contribution in [0, 0.1) is 28.1 Å². The van der Waals surface area contributed by atoms with Crippen molar-refractivity contribution >= 4 is 0 Å². The van der Waals surface area contributed by atoms with Crippen molar-refractivity contribution in [2.24, 2.45) is 22.2 Å². The number of hydrogen-bond acceptors (Lipinski definition) is 0. The van der Waals surface area contributed by atoms with Crippen molar-refractivity contribution in [1.29, 1.82) is 0 Å². The van der Waals surface area contributed by atoms with Crippen LogP contribution in [0.5, 0.6) is 0 Å². The molecule has 0 nitrogen and oxygen atoms in total. The lowest BCUT2D eigenvalue weighted by Gasteiger charge is -2.42. The molecule has 0 N–H and O–H groups in total. The molecule has 3 rings (SSSR count). The molecule has 3 aliphatic rings. The quantitative estimate of drug-likeness (QED) is 0.507. The van der Waals surface area contributed by atoms with Crippen molar-refractivity contribution in [3.63, 3.8) is 0 Å². The highest BCUT2D eigenvalue weighted by molar-refractivity contribution is 5.29. The predicted octanol–water partition coefficient (Wildman–Crippen LogP) is 4.60. The van der Waals surface area contributed by atoms with Gasteiger partial charge in [0.05, 0.1) is 19.3 Å². The highest BCUT2D eigenvalue weighted by Gasteiger charge is 2.78. The third kappa shape index (κ3) is 0.818. The minimum Gasteiger partial charge on any atom is -0.0618 e. The molecule has 84 valence electrons. The summed E-state index contributed by atoms with van der Waals surface area (Å²) in [5.41, 5.74) is 1.93. The lowest BCUT2D eigenvalue weighted by atomic mass is 9.57. The lowest BCUT2D eigenvalue weighted by Crippen LogP contribution is -2.42. The van der Waals surface area contributed by atoms with Gasteiger partial charge >= 0.3 is 0 Å². The Morgan fingerprint density at radius 3 is 2.60 bits per heavy atom. The molecule has 3 fully saturated rings. The van der Waals surface area contributed by atoms with E-state index < -0.39 is 0 Å². The lowest BCUT2D eigenvalue weighted by molar-refractivity contribution is 0.0138. The molecule has 0 bridgehead atoms. The van der Waals surface area contributed by atoms with E-state index in [1.165, 1.54) is 38.5 Å². The summed E-state index contributed by atoms with van der Waals surface area (Å²) in [4.78, 5) is 0. The van der Waals surface area contributed by atoms with Crippen molar-refractivity contribution in [2.75, 3.05) is 0 Å². The third-order valence-corrected chi connectivity index (χ3v) is 6.88. The summed E-state index contributed by atoms with van der Waals surface area (Å²) in [6.07, 6.45) is 8.86. The highest BCUT2D eigenvalue weighted by Crippen LogP contribution is 2.80. The smallest absolute Gasteiger partial charge is 0.0618 e. The second-order valence-corrected chi connectivity index (χ2v) is 7.11. The summed E-state index contributed by atoms with van der Waals surface area (Å²) >= 11 is 0. The molecule has 4 atom stereocenters. The van der Waals surface area contributed by atoms with Crippen LogP contribution >= 0.6 is 0 Å². The Hall–Kier alpha value is -0.130.